The van der Waals surface area contributed by atoms with Crippen LogP contribution in [0.1, 0.15) is 35.2 Å². The summed E-state index contributed by atoms with van der Waals surface area (Å²) in [6.07, 6.45) is 2.03. The first kappa shape index (κ1) is 17.1. The number of morpholine rings is 1. The van der Waals surface area contributed by atoms with E-state index in [0.717, 1.165) is 48.1 Å². The summed E-state index contributed by atoms with van der Waals surface area (Å²) in [4.78, 5) is 41.3. The number of ether oxygens (including phenoxy) is 1. The summed E-state index contributed by atoms with van der Waals surface area (Å²) in [7, 11) is 0. The lowest BCUT2D eigenvalue weighted by Gasteiger charge is -2.30. The Morgan fingerprint density at radius 1 is 1.17 bits per heavy atom. The minimum Gasteiger partial charge on any atom is -0.375 e. The number of hydrogen-bond donors (Lipinski definition) is 1. The van der Waals surface area contributed by atoms with Crippen LogP contribution >= 0.6 is 0 Å². The number of likely N-dealkylation sites (tertiary alicyclic amines) is 1. The average Bonchev–Trinajstić information content (AvgIpc) is 3.38. The normalized spacial score (nSPS) is 28.6. The van der Waals surface area contributed by atoms with E-state index in [4.69, 9.17) is 4.74 Å². The van der Waals surface area contributed by atoms with Gasteiger partial charge in [-0.15, -0.1) is 0 Å². The van der Waals surface area contributed by atoms with E-state index in [1.54, 1.807) is 4.90 Å². The van der Waals surface area contributed by atoms with Crippen LogP contribution in [0.4, 0.5) is 5.69 Å². The highest BCUT2D eigenvalue weighted by atomic mass is 16.5. The van der Waals surface area contributed by atoms with Gasteiger partial charge in [0.2, 0.25) is 11.8 Å². The minimum atomic E-state index is -0.645. The number of rotatable bonds is 3. The lowest BCUT2D eigenvalue weighted by atomic mass is 10.0. The molecule has 148 valence electrons. The van der Waals surface area contributed by atoms with Gasteiger partial charge in [0.25, 0.3) is 5.91 Å². The Morgan fingerprint density at radius 3 is 2.83 bits per heavy atom. The fourth-order valence-electron chi connectivity index (χ4n) is 5.32. The second kappa shape index (κ2) is 6.11. The van der Waals surface area contributed by atoms with Crippen molar-refractivity contribution in [3.63, 3.8) is 0 Å². The van der Waals surface area contributed by atoms with Crippen LogP contribution in [0.2, 0.25) is 0 Å². The van der Waals surface area contributed by atoms with Crippen molar-refractivity contribution in [3.8, 4) is 0 Å². The highest BCUT2D eigenvalue weighted by Crippen LogP contribution is 2.41. The molecule has 2 aromatic carbocycles. The third kappa shape index (κ3) is 2.54. The lowest BCUT2D eigenvalue weighted by molar-refractivity contribution is -0.134. The SMILES string of the molecule is O=C1CCC(N2C(=O)c3cc(CN4CC5CC4CO5)cc4cccc2c34)C(=O)N1. The number of carbonyl (C=O) groups excluding carboxylic acids is 3. The number of hydrogen-bond acceptors (Lipinski definition) is 5. The van der Waals surface area contributed by atoms with Crippen molar-refractivity contribution in [1.29, 1.82) is 0 Å². The summed E-state index contributed by atoms with van der Waals surface area (Å²) >= 11 is 0. The molecule has 4 aliphatic heterocycles. The first-order valence-electron chi connectivity index (χ1n) is 10.2. The van der Waals surface area contributed by atoms with Crippen LogP contribution in [0.15, 0.2) is 30.3 Å². The van der Waals surface area contributed by atoms with Crippen LogP contribution in [0.25, 0.3) is 10.8 Å². The number of nitrogens with one attached hydrogen (secondary N) is 1. The molecule has 4 heterocycles. The Balaban J connectivity index is 1.37. The molecule has 1 N–H and O–H groups in total. The molecular weight excluding hydrogens is 370 g/mol. The Kier molecular flexibility index (Phi) is 3.61. The molecule has 3 amide bonds. The molecule has 7 heteroatoms. The summed E-state index contributed by atoms with van der Waals surface area (Å²) in [5.74, 6) is -0.827. The van der Waals surface area contributed by atoms with Gasteiger partial charge in [-0.1, -0.05) is 12.1 Å². The van der Waals surface area contributed by atoms with E-state index in [-0.39, 0.29) is 18.2 Å². The summed E-state index contributed by atoms with van der Waals surface area (Å²) in [5, 5.41) is 4.28. The van der Waals surface area contributed by atoms with Gasteiger partial charge in [-0.3, -0.25) is 29.5 Å². The van der Waals surface area contributed by atoms with E-state index < -0.39 is 11.9 Å². The largest absolute Gasteiger partial charge is 0.375 e. The number of imide groups is 1. The van der Waals surface area contributed by atoms with E-state index >= 15 is 0 Å². The molecule has 3 saturated heterocycles. The van der Waals surface area contributed by atoms with Crippen molar-refractivity contribution < 1.29 is 19.1 Å². The average molecular weight is 391 g/mol. The topological polar surface area (TPSA) is 79.0 Å². The van der Waals surface area contributed by atoms with Crippen LogP contribution in [0.5, 0.6) is 0 Å². The molecule has 2 bridgehead atoms. The number of amides is 3. The molecule has 0 saturated carbocycles. The van der Waals surface area contributed by atoms with Crippen LogP contribution < -0.4 is 10.2 Å². The molecule has 0 spiro atoms. The van der Waals surface area contributed by atoms with Gasteiger partial charge >= 0.3 is 0 Å². The van der Waals surface area contributed by atoms with Crippen molar-refractivity contribution in [2.75, 3.05) is 18.1 Å². The predicted molar refractivity (Wildman–Crippen MR) is 105 cm³/mol. The maximum atomic E-state index is 13.3. The van der Waals surface area contributed by atoms with Gasteiger partial charge in [0.05, 0.1) is 24.0 Å². The van der Waals surface area contributed by atoms with Crippen LogP contribution in [-0.2, 0) is 20.9 Å². The summed E-state index contributed by atoms with van der Waals surface area (Å²) < 4.78 is 5.69. The monoisotopic (exact) mass is 391 g/mol. The zero-order valence-electron chi connectivity index (χ0n) is 15.9. The Hall–Kier alpha value is -2.77. The van der Waals surface area contributed by atoms with Gasteiger partial charge in [0.1, 0.15) is 6.04 Å². The molecule has 2 aromatic rings. The van der Waals surface area contributed by atoms with Gasteiger partial charge in [0, 0.05) is 30.9 Å². The molecule has 3 atom stereocenters. The summed E-state index contributed by atoms with van der Waals surface area (Å²) in [6, 6.07) is 9.78. The quantitative estimate of drug-likeness (QED) is 0.804. The molecule has 4 aliphatic rings. The second-order valence-corrected chi connectivity index (χ2v) is 8.43. The third-order valence-electron chi connectivity index (χ3n) is 6.64. The van der Waals surface area contributed by atoms with E-state index in [0.29, 0.717) is 24.1 Å². The zero-order chi connectivity index (χ0) is 19.7. The molecule has 29 heavy (non-hydrogen) atoms. The third-order valence-corrected chi connectivity index (χ3v) is 6.64. The molecule has 0 aromatic heterocycles. The van der Waals surface area contributed by atoms with Gasteiger partial charge in [-0.25, -0.2) is 0 Å². The summed E-state index contributed by atoms with van der Waals surface area (Å²) in [5.41, 5.74) is 2.52. The van der Waals surface area contributed by atoms with Crippen molar-refractivity contribution >= 4 is 34.2 Å². The Morgan fingerprint density at radius 2 is 2.07 bits per heavy atom. The molecular formula is C22H21N3O4. The number of fused-ring (bicyclic) bond motifs is 2. The molecule has 0 radical (unpaired) electrons. The van der Waals surface area contributed by atoms with E-state index in [1.165, 1.54) is 0 Å². The smallest absolute Gasteiger partial charge is 0.259 e. The number of benzene rings is 2. The Bertz CT molecular complexity index is 1080. The molecule has 0 aliphatic carbocycles. The van der Waals surface area contributed by atoms with E-state index in [2.05, 4.69) is 16.3 Å². The number of anilines is 1. The van der Waals surface area contributed by atoms with Crippen LogP contribution in [-0.4, -0.2) is 54.0 Å². The minimum absolute atomic E-state index is 0.154. The van der Waals surface area contributed by atoms with Gasteiger partial charge in [0.15, 0.2) is 0 Å². The highest BCUT2D eigenvalue weighted by Gasteiger charge is 2.42. The first-order chi connectivity index (χ1) is 14.1. The second-order valence-electron chi connectivity index (χ2n) is 8.43. The van der Waals surface area contributed by atoms with E-state index in [9.17, 15) is 14.4 Å². The van der Waals surface area contributed by atoms with Crippen molar-refractivity contribution in [2.45, 2.75) is 44.0 Å². The molecule has 7 nitrogen and oxygen atoms in total. The number of carbonyl (C=O) groups is 3. The maximum Gasteiger partial charge on any atom is 0.259 e. The van der Waals surface area contributed by atoms with Crippen LogP contribution in [0.3, 0.4) is 0 Å². The zero-order valence-corrected chi connectivity index (χ0v) is 15.9. The molecule has 6 rings (SSSR count). The highest BCUT2D eigenvalue weighted by molar-refractivity contribution is 6.27. The fourth-order valence-corrected chi connectivity index (χ4v) is 5.32. The van der Waals surface area contributed by atoms with Crippen molar-refractivity contribution in [3.05, 3.63) is 41.5 Å². The van der Waals surface area contributed by atoms with Crippen molar-refractivity contribution in [1.82, 2.24) is 10.2 Å². The number of nitrogens with zero attached hydrogens (tertiary/aromatic N) is 2. The van der Waals surface area contributed by atoms with Gasteiger partial charge < -0.3 is 4.74 Å². The van der Waals surface area contributed by atoms with Gasteiger partial charge in [-0.2, -0.15) is 0 Å². The van der Waals surface area contributed by atoms with Crippen LogP contribution in [0, 0.1) is 0 Å². The van der Waals surface area contributed by atoms with Crippen molar-refractivity contribution in [2.24, 2.45) is 0 Å². The summed E-state index contributed by atoms with van der Waals surface area (Å²) in [6.45, 7) is 2.52. The molecule has 3 unspecified atom stereocenters. The Labute approximate surface area is 167 Å². The lowest BCUT2D eigenvalue weighted by Crippen LogP contribution is -2.53. The standard InChI is InChI=1S/C22H21N3O4/c26-19-5-4-18(21(27)23-19)25-17-3-1-2-13-6-12(7-16(20(13)17)22(25)28)9-24-10-15-8-14(24)11-29-15/h1-3,6-7,14-15,18H,4-5,8-11H2,(H,23,26,27). The predicted octanol–water partition coefficient (Wildman–Crippen LogP) is 1.58. The first-order valence-corrected chi connectivity index (χ1v) is 10.2. The van der Waals surface area contributed by atoms with E-state index in [1.807, 2.05) is 24.3 Å². The maximum absolute atomic E-state index is 13.3. The number of piperidine rings is 1. The fraction of sp³-hybridized carbons (Fsp3) is 0.409. The molecule has 3 fully saturated rings. The van der Waals surface area contributed by atoms with Gasteiger partial charge in [-0.05, 0) is 42.0 Å².